The number of amides is 1. The highest BCUT2D eigenvalue weighted by Gasteiger charge is 2.21. The highest BCUT2D eigenvalue weighted by atomic mass is 32.2. The number of anilines is 2. The van der Waals surface area contributed by atoms with Gasteiger partial charge in [0.2, 0.25) is 10.0 Å². The van der Waals surface area contributed by atoms with Crippen molar-refractivity contribution < 1.29 is 26.4 Å². The predicted molar refractivity (Wildman–Crippen MR) is 114 cm³/mol. The zero-order valence-electron chi connectivity index (χ0n) is 16.9. The van der Waals surface area contributed by atoms with E-state index in [0.29, 0.717) is 11.1 Å². The van der Waals surface area contributed by atoms with E-state index in [2.05, 4.69) is 5.32 Å². The summed E-state index contributed by atoms with van der Waals surface area (Å²) in [4.78, 5) is 12.6. The van der Waals surface area contributed by atoms with Crippen molar-refractivity contribution in [1.82, 2.24) is 0 Å². The summed E-state index contributed by atoms with van der Waals surface area (Å²) >= 11 is 0. The molecule has 162 valence electrons. The molecule has 0 saturated heterocycles. The number of nitrogens with one attached hydrogen (secondary N) is 1. The fourth-order valence-electron chi connectivity index (χ4n) is 2.98. The van der Waals surface area contributed by atoms with E-state index in [0.717, 1.165) is 22.7 Å². The lowest BCUT2D eigenvalue weighted by Gasteiger charge is -2.21. The van der Waals surface area contributed by atoms with Crippen LogP contribution in [0, 0.1) is 24.4 Å². The van der Waals surface area contributed by atoms with Gasteiger partial charge in [0.05, 0.1) is 23.2 Å². The van der Waals surface area contributed by atoms with Gasteiger partial charge in [0.15, 0.2) is 11.6 Å². The second kappa shape index (κ2) is 8.43. The topological polar surface area (TPSA) is 66.5 Å². The minimum Gasteiger partial charge on any atom is -0.320 e. The van der Waals surface area contributed by atoms with Crippen LogP contribution in [0.1, 0.15) is 15.9 Å². The first-order valence-electron chi connectivity index (χ1n) is 9.09. The summed E-state index contributed by atoms with van der Waals surface area (Å²) in [5, 5.41) is 2.41. The van der Waals surface area contributed by atoms with Gasteiger partial charge in [-0.1, -0.05) is 24.3 Å². The van der Waals surface area contributed by atoms with Crippen LogP contribution in [0.15, 0.2) is 54.6 Å². The van der Waals surface area contributed by atoms with Crippen LogP contribution in [-0.4, -0.2) is 27.6 Å². The van der Waals surface area contributed by atoms with Crippen molar-refractivity contribution in [2.24, 2.45) is 0 Å². The standard InChI is InChI=1S/C22H19F3N2O3S/c1-13-7-9-15(18(24)11-13)14-8-10-20(27(2)31(3,29)30)19(12-14)26-22(28)16-5-4-6-17(23)21(16)25/h4-12H,1-3H3,(H,26,28). The Morgan fingerprint density at radius 2 is 1.68 bits per heavy atom. The van der Waals surface area contributed by atoms with E-state index in [1.807, 2.05) is 0 Å². The largest absolute Gasteiger partial charge is 0.320 e. The highest BCUT2D eigenvalue weighted by Crippen LogP contribution is 2.34. The first kappa shape index (κ1) is 22.4. The molecular weight excluding hydrogens is 429 g/mol. The quantitative estimate of drug-likeness (QED) is 0.614. The summed E-state index contributed by atoms with van der Waals surface area (Å²) in [5.74, 6) is -4.02. The van der Waals surface area contributed by atoms with Crippen LogP contribution in [0.25, 0.3) is 11.1 Å². The average Bonchev–Trinajstić information content (AvgIpc) is 2.68. The number of sulfonamides is 1. The third kappa shape index (κ3) is 4.72. The molecule has 0 aliphatic heterocycles. The molecule has 3 aromatic carbocycles. The molecule has 3 rings (SSSR count). The molecule has 31 heavy (non-hydrogen) atoms. The minimum atomic E-state index is -3.71. The Bertz CT molecular complexity index is 1280. The van der Waals surface area contributed by atoms with Crippen LogP contribution in [0.3, 0.4) is 0 Å². The summed E-state index contributed by atoms with van der Waals surface area (Å²) in [6.07, 6.45) is 0.971. The predicted octanol–water partition coefficient (Wildman–Crippen LogP) is 4.73. The maximum absolute atomic E-state index is 14.5. The average molecular weight is 448 g/mol. The molecule has 0 aliphatic carbocycles. The Morgan fingerprint density at radius 3 is 2.32 bits per heavy atom. The molecule has 0 atom stereocenters. The molecule has 0 radical (unpaired) electrons. The maximum Gasteiger partial charge on any atom is 0.258 e. The van der Waals surface area contributed by atoms with E-state index in [-0.39, 0.29) is 16.9 Å². The van der Waals surface area contributed by atoms with E-state index < -0.39 is 38.9 Å². The van der Waals surface area contributed by atoms with Gasteiger partial charge in [-0.2, -0.15) is 0 Å². The first-order chi connectivity index (χ1) is 14.5. The third-order valence-corrected chi connectivity index (χ3v) is 5.90. The van der Waals surface area contributed by atoms with Crippen LogP contribution >= 0.6 is 0 Å². The Hall–Kier alpha value is -3.33. The fourth-order valence-corrected chi connectivity index (χ4v) is 3.50. The molecular formula is C22H19F3N2O3S. The molecule has 0 spiro atoms. The van der Waals surface area contributed by atoms with Gasteiger partial charge in [0.25, 0.3) is 5.91 Å². The fraction of sp³-hybridized carbons (Fsp3) is 0.136. The lowest BCUT2D eigenvalue weighted by molar-refractivity contribution is 0.102. The molecule has 9 heteroatoms. The number of aryl methyl sites for hydroxylation is 1. The van der Waals surface area contributed by atoms with E-state index in [1.54, 1.807) is 19.1 Å². The Labute approximate surface area is 178 Å². The molecule has 1 amide bonds. The maximum atomic E-state index is 14.5. The number of carbonyl (C=O) groups excluding carboxylic acids is 1. The molecule has 0 bridgehead atoms. The molecule has 0 fully saturated rings. The van der Waals surface area contributed by atoms with Crippen LogP contribution in [0.4, 0.5) is 24.5 Å². The minimum absolute atomic E-state index is 0.0148. The number of benzene rings is 3. The van der Waals surface area contributed by atoms with Crippen LogP contribution in [0.5, 0.6) is 0 Å². The zero-order chi connectivity index (χ0) is 22.9. The Kier molecular flexibility index (Phi) is 6.08. The molecule has 5 nitrogen and oxygen atoms in total. The van der Waals surface area contributed by atoms with E-state index in [9.17, 15) is 26.4 Å². The van der Waals surface area contributed by atoms with Crippen LogP contribution in [0.2, 0.25) is 0 Å². The van der Waals surface area contributed by atoms with Gasteiger partial charge in [-0.25, -0.2) is 21.6 Å². The lowest BCUT2D eigenvalue weighted by atomic mass is 10.0. The molecule has 0 saturated carbocycles. The SMILES string of the molecule is Cc1ccc(-c2ccc(N(C)S(C)(=O)=O)c(NC(=O)c3cccc(F)c3F)c2)c(F)c1. The van der Waals surface area contributed by atoms with Crippen molar-refractivity contribution in [2.45, 2.75) is 6.92 Å². The summed E-state index contributed by atoms with van der Waals surface area (Å²) < 4.78 is 67.0. The number of hydrogen-bond donors (Lipinski definition) is 1. The van der Waals surface area contributed by atoms with Gasteiger partial charge in [-0.3, -0.25) is 9.10 Å². The van der Waals surface area contributed by atoms with Crippen LogP contribution in [-0.2, 0) is 10.0 Å². The van der Waals surface area contributed by atoms with Crippen molar-refractivity contribution >= 4 is 27.3 Å². The Balaban J connectivity index is 2.12. The van der Waals surface area contributed by atoms with Gasteiger partial charge >= 0.3 is 0 Å². The zero-order valence-corrected chi connectivity index (χ0v) is 17.7. The van der Waals surface area contributed by atoms with Crippen molar-refractivity contribution in [1.29, 1.82) is 0 Å². The van der Waals surface area contributed by atoms with Gasteiger partial charge < -0.3 is 5.32 Å². The summed E-state index contributed by atoms with van der Waals surface area (Å²) in [6, 6.07) is 12.0. The van der Waals surface area contributed by atoms with Crippen molar-refractivity contribution in [3.63, 3.8) is 0 Å². The summed E-state index contributed by atoms with van der Waals surface area (Å²) in [6.45, 7) is 1.73. The monoisotopic (exact) mass is 448 g/mol. The second-order valence-corrected chi connectivity index (χ2v) is 9.01. The van der Waals surface area contributed by atoms with Crippen molar-refractivity contribution in [3.8, 4) is 11.1 Å². The smallest absolute Gasteiger partial charge is 0.258 e. The number of carbonyl (C=O) groups is 1. The molecule has 3 aromatic rings. The van der Waals surface area contributed by atoms with Gasteiger partial charge in [-0.05, 0) is 48.4 Å². The normalized spacial score (nSPS) is 11.3. The highest BCUT2D eigenvalue weighted by molar-refractivity contribution is 7.92. The molecule has 0 aromatic heterocycles. The van der Waals surface area contributed by atoms with Gasteiger partial charge in [-0.15, -0.1) is 0 Å². The van der Waals surface area contributed by atoms with Crippen molar-refractivity contribution in [3.05, 3.63) is 83.2 Å². The van der Waals surface area contributed by atoms with Crippen LogP contribution < -0.4 is 9.62 Å². The molecule has 0 unspecified atom stereocenters. The number of rotatable bonds is 5. The first-order valence-corrected chi connectivity index (χ1v) is 10.9. The molecule has 0 aliphatic rings. The summed E-state index contributed by atoms with van der Waals surface area (Å²) in [7, 11) is -2.44. The van der Waals surface area contributed by atoms with Crippen molar-refractivity contribution in [2.75, 3.05) is 22.9 Å². The Morgan fingerprint density at radius 1 is 0.968 bits per heavy atom. The lowest BCUT2D eigenvalue weighted by Crippen LogP contribution is -2.26. The van der Waals surface area contributed by atoms with E-state index >= 15 is 0 Å². The third-order valence-electron chi connectivity index (χ3n) is 4.71. The summed E-state index contributed by atoms with van der Waals surface area (Å²) in [5.41, 5.74) is 0.803. The van der Waals surface area contributed by atoms with E-state index in [4.69, 9.17) is 0 Å². The number of hydrogen-bond acceptors (Lipinski definition) is 3. The number of nitrogens with zero attached hydrogens (tertiary/aromatic N) is 1. The molecule has 1 N–H and O–H groups in total. The molecule has 0 heterocycles. The van der Waals surface area contributed by atoms with E-state index in [1.165, 1.54) is 37.4 Å². The van der Waals surface area contributed by atoms with Gasteiger partial charge in [0.1, 0.15) is 5.82 Å². The van der Waals surface area contributed by atoms with Gasteiger partial charge in [0, 0.05) is 12.6 Å². The second-order valence-electron chi connectivity index (χ2n) is 7.00. The number of halogens is 3.